The summed E-state index contributed by atoms with van der Waals surface area (Å²) in [5, 5.41) is 4.51. The van der Waals surface area contributed by atoms with Crippen LogP contribution < -0.4 is 0 Å². The number of nitrogens with zero attached hydrogens (tertiary/aromatic N) is 5. The molecule has 0 radical (unpaired) electrons. The van der Waals surface area contributed by atoms with Gasteiger partial charge in [-0.1, -0.05) is 237 Å². The quantitative estimate of drug-likeness (QED) is 0.145. The Balaban J connectivity index is 1.11. The third-order valence-electron chi connectivity index (χ3n) is 14.4. The van der Waals surface area contributed by atoms with Crippen molar-refractivity contribution in [2.75, 3.05) is 0 Å². The highest BCUT2D eigenvalue weighted by Crippen LogP contribution is 2.52. The van der Waals surface area contributed by atoms with Gasteiger partial charge in [0.1, 0.15) is 0 Å². The van der Waals surface area contributed by atoms with Gasteiger partial charge in [0.25, 0.3) is 0 Å². The molecule has 0 aliphatic heterocycles. The van der Waals surface area contributed by atoms with E-state index in [1.54, 1.807) is 0 Å². The van der Waals surface area contributed by atoms with Gasteiger partial charge >= 0.3 is 0 Å². The first-order valence-corrected chi connectivity index (χ1v) is 25.1. The number of rotatable bonds is 9. The predicted molar refractivity (Wildman–Crippen MR) is 307 cm³/mol. The second-order valence-electron chi connectivity index (χ2n) is 18.7. The molecule has 3 aromatic heterocycles. The Hall–Kier alpha value is -9.97. The van der Waals surface area contributed by atoms with E-state index in [9.17, 15) is 0 Å². The van der Waals surface area contributed by atoms with Crippen molar-refractivity contribution in [1.82, 2.24) is 24.1 Å². The van der Waals surface area contributed by atoms with Gasteiger partial charge in [0.15, 0.2) is 11.6 Å². The number of benzene rings is 11. The summed E-state index contributed by atoms with van der Waals surface area (Å²) >= 11 is 0. The maximum Gasteiger partial charge on any atom is 0.238 e. The van der Waals surface area contributed by atoms with E-state index < -0.39 is 0 Å². The molecule has 0 saturated heterocycles. The zero-order chi connectivity index (χ0) is 49.0. The third kappa shape index (κ3) is 7.29. The molecule has 0 aliphatic carbocycles. The first-order valence-electron chi connectivity index (χ1n) is 25.1. The third-order valence-corrected chi connectivity index (χ3v) is 14.4. The molecule has 5 heteroatoms. The lowest BCUT2D eigenvalue weighted by atomic mass is 9.86. The summed E-state index contributed by atoms with van der Waals surface area (Å²) in [5.74, 6) is 1.70. The Labute approximate surface area is 428 Å². The zero-order valence-corrected chi connectivity index (χ0v) is 40.2. The molecule has 74 heavy (non-hydrogen) atoms. The van der Waals surface area contributed by atoms with Crippen LogP contribution in [0.25, 0.3) is 134 Å². The SMILES string of the molecule is c1ccc(-c2cccc(-c3ccc(-c4nc(-c5ccccc5)nc(-n5c6ccccc6c6c(-c7cccc(-c8ccccc8)c7)c(-c7ccccc7)c7c8ccccc8n(-c8ccccc8)c7c65)n4)cc3)c2)cc1. The molecule has 11 aromatic carbocycles. The van der Waals surface area contributed by atoms with Gasteiger partial charge < -0.3 is 4.57 Å². The Kier molecular flexibility index (Phi) is 10.4. The predicted octanol–water partition coefficient (Wildman–Crippen LogP) is 17.7. The minimum Gasteiger partial charge on any atom is -0.307 e. The number of para-hydroxylation sites is 3. The molecule has 0 fully saturated rings. The van der Waals surface area contributed by atoms with Crippen LogP contribution >= 0.6 is 0 Å². The van der Waals surface area contributed by atoms with E-state index in [2.05, 4.69) is 264 Å². The summed E-state index contributed by atoms with van der Waals surface area (Å²) in [7, 11) is 0. The van der Waals surface area contributed by atoms with E-state index in [1.807, 2.05) is 18.2 Å². The highest BCUT2D eigenvalue weighted by Gasteiger charge is 2.30. The van der Waals surface area contributed by atoms with Crippen LogP contribution in [0.15, 0.2) is 273 Å². The molecule has 0 saturated carbocycles. The van der Waals surface area contributed by atoms with Gasteiger partial charge in [-0.15, -0.1) is 0 Å². The van der Waals surface area contributed by atoms with Crippen LogP contribution in [0.4, 0.5) is 0 Å². The second kappa shape index (κ2) is 18.0. The summed E-state index contributed by atoms with van der Waals surface area (Å²) in [6, 6.07) is 97.2. The number of fused-ring (bicyclic) bond motifs is 7. The summed E-state index contributed by atoms with van der Waals surface area (Å²) in [6.45, 7) is 0. The molecule has 5 nitrogen and oxygen atoms in total. The van der Waals surface area contributed by atoms with Crippen molar-refractivity contribution in [3.05, 3.63) is 273 Å². The van der Waals surface area contributed by atoms with Gasteiger partial charge in [-0.25, -0.2) is 4.98 Å². The van der Waals surface area contributed by atoms with E-state index >= 15 is 0 Å². The van der Waals surface area contributed by atoms with Crippen LogP contribution in [0.1, 0.15) is 0 Å². The first kappa shape index (κ1) is 42.9. The molecule has 0 aliphatic rings. The van der Waals surface area contributed by atoms with Crippen molar-refractivity contribution in [2.24, 2.45) is 0 Å². The van der Waals surface area contributed by atoms with Gasteiger partial charge in [0, 0.05) is 49.5 Å². The highest BCUT2D eigenvalue weighted by molar-refractivity contribution is 6.33. The van der Waals surface area contributed by atoms with Crippen LogP contribution in [-0.2, 0) is 0 Å². The first-order chi connectivity index (χ1) is 36.7. The number of hydrogen-bond donors (Lipinski definition) is 0. The lowest BCUT2D eigenvalue weighted by molar-refractivity contribution is 0.953. The standard InChI is InChI=1S/C69H45N5/c1-6-22-46(23-7-1)52-30-20-31-53(44-52)48-40-42-51(43-41-48)68-70-67(50-28-12-4-13-29-50)71-69(72-68)74-60-39-19-17-37-58(60)64-62(55-33-21-32-54(45-55)47-24-8-2-9-25-47)61(49-26-10-3-11-27-49)63-57-36-16-18-38-59(57)73(65(63)66(64)74)56-34-14-5-15-35-56/h1-45H. The van der Waals surface area contributed by atoms with E-state index in [1.165, 1.54) is 16.7 Å². The molecule has 3 heterocycles. The molecule has 14 aromatic rings. The largest absolute Gasteiger partial charge is 0.307 e. The van der Waals surface area contributed by atoms with Crippen molar-refractivity contribution in [2.45, 2.75) is 0 Å². The number of aromatic nitrogens is 5. The van der Waals surface area contributed by atoms with Gasteiger partial charge in [-0.3, -0.25) is 4.57 Å². The molecule has 0 N–H and O–H groups in total. The minimum atomic E-state index is 0.530. The maximum atomic E-state index is 5.56. The monoisotopic (exact) mass is 943 g/mol. The smallest absolute Gasteiger partial charge is 0.238 e. The topological polar surface area (TPSA) is 48.5 Å². The van der Waals surface area contributed by atoms with Crippen LogP contribution in [0, 0.1) is 0 Å². The summed E-state index contributed by atoms with van der Waals surface area (Å²) in [6.07, 6.45) is 0. The van der Waals surface area contributed by atoms with Crippen molar-refractivity contribution in [3.8, 4) is 90.0 Å². The van der Waals surface area contributed by atoms with Crippen molar-refractivity contribution >= 4 is 43.6 Å². The van der Waals surface area contributed by atoms with Crippen molar-refractivity contribution < 1.29 is 0 Å². The summed E-state index contributed by atoms with van der Waals surface area (Å²) < 4.78 is 4.76. The average Bonchev–Trinajstić information content (AvgIpc) is 4.04. The number of hydrogen-bond acceptors (Lipinski definition) is 3. The minimum absolute atomic E-state index is 0.530. The van der Waals surface area contributed by atoms with Gasteiger partial charge in [-0.2, -0.15) is 9.97 Å². The molecule has 0 spiro atoms. The van der Waals surface area contributed by atoms with Gasteiger partial charge in [-0.05, 0) is 80.9 Å². The van der Waals surface area contributed by atoms with Gasteiger partial charge in [0.2, 0.25) is 5.95 Å². The van der Waals surface area contributed by atoms with Crippen molar-refractivity contribution in [1.29, 1.82) is 0 Å². The Morgan fingerprint density at radius 2 is 0.595 bits per heavy atom. The lowest BCUT2D eigenvalue weighted by Gasteiger charge is -2.19. The zero-order valence-electron chi connectivity index (χ0n) is 40.2. The highest BCUT2D eigenvalue weighted by atomic mass is 15.2. The molecule has 0 atom stereocenters. The Bertz CT molecular complexity index is 4370. The van der Waals surface area contributed by atoms with E-state index in [0.717, 1.165) is 99.4 Å². The summed E-state index contributed by atoms with van der Waals surface area (Å²) in [5.41, 5.74) is 18.5. The normalized spacial score (nSPS) is 11.5. The molecule has 0 bridgehead atoms. The van der Waals surface area contributed by atoms with Crippen molar-refractivity contribution in [3.63, 3.8) is 0 Å². The molecular formula is C69H45N5. The molecule has 0 amide bonds. The Morgan fingerprint density at radius 3 is 1.14 bits per heavy atom. The summed E-state index contributed by atoms with van der Waals surface area (Å²) in [4.78, 5) is 16.3. The van der Waals surface area contributed by atoms with Crippen LogP contribution in [0.3, 0.4) is 0 Å². The van der Waals surface area contributed by atoms with E-state index in [0.29, 0.717) is 17.6 Å². The second-order valence-corrected chi connectivity index (χ2v) is 18.7. The van der Waals surface area contributed by atoms with Crippen LogP contribution in [-0.4, -0.2) is 24.1 Å². The maximum absolute atomic E-state index is 5.56. The molecule has 0 unspecified atom stereocenters. The fraction of sp³-hybridized carbons (Fsp3) is 0. The fourth-order valence-electron chi connectivity index (χ4n) is 11.0. The molecule has 346 valence electrons. The van der Waals surface area contributed by atoms with E-state index in [-0.39, 0.29) is 0 Å². The molecule has 14 rings (SSSR count). The van der Waals surface area contributed by atoms with E-state index in [4.69, 9.17) is 15.0 Å². The average molecular weight is 944 g/mol. The molecular weight excluding hydrogens is 899 g/mol. The van der Waals surface area contributed by atoms with Gasteiger partial charge in [0.05, 0.1) is 22.1 Å². The van der Waals surface area contributed by atoms with Crippen LogP contribution in [0.2, 0.25) is 0 Å². The lowest BCUT2D eigenvalue weighted by Crippen LogP contribution is -2.07. The fourth-order valence-corrected chi connectivity index (χ4v) is 11.0. The Morgan fingerprint density at radius 1 is 0.243 bits per heavy atom. The van der Waals surface area contributed by atoms with Crippen LogP contribution in [0.5, 0.6) is 0 Å².